The van der Waals surface area contributed by atoms with Crippen LogP contribution >= 0.6 is 11.3 Å². The first-order valence-corrected chi connectivity index (χ1v) is 18.6. The van der Waals surface area contributed by atoms with Gasteiger partial charge in [-0.2, -0.15) is 0 Å². The second-order valence-corrected chi connectivity index (χ2v) is 14.9. The van der Waals surface area contributed by atoms with Crippen molar-refractivity contribution < 1.29 is 0 Å². The molecule has 2 heterocycles. The van der Waals surface area contributed by atoms with E-state index in [4.69, 9.17) is 0 Å². The molecule has 0 saturated heterocycles. The summed E-state index contributed by atoms with van der Waals surface area (Å²) >= 11 is 1.86. The van der Waals surface area contributed by atoms with E-state index >= 15 is 0 Å². The van der Waals surface area contributed by atoms with Gasteiger partial charge in [-0.05, 0) is 122 Å². The summed E-state index contributed by atoms with van der Waals surface area (Å²) in [6, 6.07) is 69.4. The molecule has 11 rings (SSSR count). The summed E-state index contributed by atoms with van der Waals surface area (Å²) in [7, 11) is 0. The van der Waals surface area contributed by atoms with Crippen molar-refractivity contribution >= 4 is 74.9 Å². The Balaban J connectivity index is 1.07. The van der Waals surface area contributed by atoms with Crippen LogP contribution in [0.15, 0.2) is 188 Å². The van der Waals surface area contributed by atoms with Gasteiger partial charge in [-0.15, -0.1) is 11.3 Å². The third-order valence-corrected chi connectivity index (χ3v) is 11.9. The number of aromatic nitrogens is 1. The standard InChI is InChI=1S/C50H31NS/c1-3-9-35-27-37(15-13-32(35)7-1)40-19-24-47-44(29-40)45-30-41(38-16-14-33-8-2-4-10-36(33)28-38)20-25-48(45)51(47)42-22-17-34(18-23-42)39-21-26-50-46(31-39)43-11-5-6-12-49(43)52-50/h1-31H. The summed E-state index contributed by atoms with van der Waals surface area (Å²) in [5.74, 6) is 0. The smallest absolute Gasteiger partial charge is 0.0541 e. The molecular weight excluding hydrogens is 647 g/mol. The highest BCUT2D eigenvalue weighted by molar-refractivity contribution is 7.25. The molecule has 0 aliphatic carbocycles. The summed E-state index contributed by atoms with van der Waals surface area (Å²) < 4.78 is 5.10. The van der Waals surface area contributed by atoms with Gasteiger partial charge in [-0.3, -0.25) is 0 Å². The molecule has 11 aromatic rings. The lowest BCUT2D eigenvalue weighted by molar-refractivity contribution is 1.18. The number of hydrogen-bond donors (Lipinski definition) is 0. The molecular formula is C50H31NS. The first-order valence-electron chi connectivity index (χ1n) is 17.8. The van der Waals surface area contributed by atoms with Gasteiger partial charge < -0.3 is 4.57 Å². The van der Waals surface area contributed by atoms with Crippen LogP contribution in [0.4, 0.5) is 0 Å². The maximum Gasteiger partial charge on any atom is 0.0541 e. The Kier molecular flexibility index (Phi) is 6.49. The molecule has 2 aromatic heterocycles. The van der Waals surface area contributed by atoms with Gasteiger partial charge in [0.15, 0.2) is 0 Å². The molecule has 0 atom stereocenters. The van der Waals surface area contributed by atoms with Crippen molar-refractivity contribution in [2.75, 3.05) is 0 Å². The molecule has 1 nitrogen and oxygen atoms in total. The minimum atomic E-state index is 1.16. The van der Waals surface area contributed by atoms with Crippen LogP contribution in [0, 0.1) is 0 Å². The maximum atomic E-state index is 2.43. The van der Waals surface area contributed by atoms with Gasteiger partial charge in [-0.1, -0.05) is 121 Å². The Morgan fingerprint density at radius 1 is 0.288 bits per heavy atom. The molecule has 0 N–H and O–H groups in total. The van der Waals surface area contributed by atoms with Crippen LogP contribution in [0.2, 0.25) is 0 Å². The largest absolute Gasteiger partial charge is 0.309 e. The lowest BCUT2D eigenvalue weighted by Crippen LogP contribution is -1.94. The summed E-state index contributed by atoms with van der Waals surface area (Å²) in [6.45, 7) is 0. The summed E-state index contributed by atoms with van der Waals surface area (Å²) in [6.07, 6.45) is 0. The van der Waals surface area contributed by atoms with Crippen LogP contribution < -0.4 is 0 Å². The highest BCUT2D eigenvalue weighted by Crippen LogP contribution is 2.40. The number of nitrogens with zero attached hydrogens (tertiary/aromatic N) is 1. The monoisotopic (exact) mass is 677 g/mol. The summed E-state index contributed by atoms with van der Waals surface area (Å²) in [4.78, 5) is 0. The van der Waals surface area contributed by atoms with Crippen LogP contribution in [0.25, 0.3) is 103 Å². The van der Waals surface area contributed by atoms with Crippen LogP contribution in [0.3, 0.4) is 0 Å². The predicted molar refractivity (Wildman–Crippen MR) is 225 cm³/mol. The predicted octanol–water partition coefficient (Wildman–Crippen LogP) is 14.5. The van der Waals surface area contributed by atoms with E-state index in [-0.39, 0.29) is 0 Å². The third-order valence-electron chi connectivity index (χ3n) is 10.8. The zero-order chi connectivity index (χ0) is 34.2. The number of benzene rings is 9. The van der Waals surface area contributed by atoms with E-state index in [1.807, 2.05) is 11.3 Å². The third kappa shape index (κ3) is 4.69. The van der Waals surface area contributed by atoms with Gasteiger partial charge in [0.2, 0.25) is 0 Å². The Bertz CT molecular complexity index is 3040. The van der Waals surface area contributed by atoms with Crippen molar-refractivity contribution in [3.8, 4) is 39.1 Å². The number of hydrogen-bond acceptors (Lipinski definition) is 1. The van der Waals surface area contributed by atoms with E-state index in [0.29, 0.717) is 0 Å². The van der Waals surface area contributed by atoms with E-state index in [0.717, 1.165) is 5.69 Å². The lowest BCUT2D eigenvalue weighted by Gasteiger charge is -2.11. The lowest BCUT2D eigenvalue weighted by atomic mass is 9.98. The Morgan fingerprint density at radius 3 is 1.37 bits per heavy atom. The molecule has 0 aliphatic rings. The molecule has 9 aromatic carbocycles. The maximum absolute atomic E-state index is 2.43. The van der Waals surface area contributed by atoms with Gasteiger partial charge in [0.1, 0.15) is 0 Å². The second kappa shape index (κ2) is 11.5. The first-order chi connectivity index (χ1) is 25.7. The van der Waals surface area contributed by atoms with E-state index in [9.17, 15) is 0 Å². The minimum Gasteiger partial charge on any atom is -0.309 e. The number of fused-ring (bicyclic) bond motifs is 8. The molecule has 0 fully saturated rings. The number of rotatable bonds is 4. The zero-order valence-electron chi connectivity index (χ0n) is 28.3. The molecule has 242 valence electrons. The number of thiophene rings is 1. The summed E-state index contributed by atoms with van der Waals surface area (Å²) in [5, 5.41) is 10.2. The Hall–Kier alpha value is -6.48. The Labute approximate surface area is 305 Å². The van der Waals surface area contributed by atoms with Gasteiger partial charge in [0, 0.05) is 36.6 Å². The minimum absolute atomic E-state index is 1.16. The highest BCUT2D eigenvalue weighted by Gasteiger charge is 2.16. The fraction of sp³-hybridized carbons (Fsp3) is 0. The van der Waals surface area contributed by atoms with E-state index in [2.05, 4.69) is 193 Å². The quantitative estimate of drug-likeness (QED) is 0.175. The fourth-order valence-corrected chi connectivity index (χ4v) is 9.19. The van der Waals surface area contributed by atoms with Gasteiger partial charge >= 0.3 is 0 Å². The fourth-order valence-electron chi connectivity index (χ4n) is 8.11. The van der Waals surface area contributed by atoms with Gasteiger partial charge in [-0.25, -0.2) is 0 Å². The topological polar surface area (TPSA) is 4.93 Å². The zero-order valence-corrected chi connectivity index (χ0v) is 29.1. The molecule has 0 spiro atoms. The van der Waals surface area contributed by atoms with Crippen molar-refractivity contribution in [2.45, 2.75) is 0 Å². The first kappa shape index (κ1) is 29.3. The van der Waals surface area contributed by atoms with Crippen molar-refractivity contribution in [3.63, 3.8) is 0 Å². The second-order valence-electron chi connectivity index (χ2n) is 13.8. The average molecular weight is 678 g/mol. The SMILES string of the molecule is c1ccc2cc(-c3ccc4c(c3)c3cc(-c5ccc6ccccc6c5)ccc3n4-c3ccc(-c4ccc5sc6ccccc6c5c4)cc3)ccc2c1. The van der Waals surface area contributed by atoms with Crippen molar-refractivity contribution in [2.24, 2.45) is 0 Å². The summed E-state index contributed by atoms with van der Waals surface area (Å²) in [5.41, 5.74) is 10.9. The highest BCUT2D eigenvalue weighted by atomic mass is 32.1. The molecule has 0 bridgehead atoms. The van der Waals surface area contributed by atoms with Crippen LogP contribution in [0.1, 0.15) is 0 Å². The molecule has 0 amide bonds. The van der Waals surface area contributed by atoms with Crippen molar-refractivity contribution in [3.05, 3.63) is 188 Å². The van der Waals surface area contributed by atoms with Crippen LogP contribution in [-0.4, -0.2) is 4.57 Å². The normalized spacial score (nSPS) is 11.8. The van der Waals surface area contributed by atoms with Crippen LogP contribution in [-0.2, 0) is 0 Å². The molecule has 0 saturated carbocycles. The molecule has 0 radical (unpaired) electrons. The molecule has 0 aliphatic heterocycles. The van der Waals surface area contributed by atoms with E-state index in [1.165, 1.54) is 96.9 Å². The molecule has 2 heteroatoms. The van der Waals surface area contributed by atoms with E-state index in [1.54, 1.807) is 0 Å². The van der Waals surface area contributed by atoms with Gasteiger partial charge in [0.05, 0.1) is 11.0 Å². The molecule has 0 unspecified atom stereocenters. The average Bonchev–Trinajstić information content (AvgIpc) is 3.75. The molecule has 52 heavy (non-hydrogen) atoms. The van der Waals surface area contributed by atoms with Crippen LogP contribution in [0.5, 0.6) is 0 Å². The van der Waals surface area contributed by atoms with Gasteiger partial charge in [0.25, 0.3) is 0 Å². The van der Waals surface area contributed by atoms with Crippen molar-refractivity contribution in [1.29, 1.82) is 0 Å². The Morgan fingerprint density at radius 2 is 0.731 bits per heavy atom. The van der Waals surface area contributed by atoms with E-state index < -0.39 is 0 Å². The van der Waals surface area contributed by atoms with Crippen molar-refractivity contribution in [1.82, 2.24) is 4.57 Å².